The van der Waals surface area contributed by atoms with Gasteiger partial charge in [-0.15, -0.1) is 0 Å². The number of pyridine rings is 2. The average molecular weight is 424 g/mol. The maximum Gasteiger partial charge on any atom is 0.260 e. The molecule has 0 N–H and O–H groups in total. The molecule has 2 aliphatic heterocycles. The van der Waals surface area contributed by atoms with E-state index in [2.05, 4.69) is 53.4 Å². The van der Waals surface area contributed by atoms with Crippen molar-refractivity contribution in [3.63, 3.8) is 0 Å². The van der Waals surface area contributed by atoms with Crippen molar-refractivity contribution in [1.82, 2.24) is 9.55 Å². The molecule has 2 aromatic heterocycles. The predicted molar refractivity (Wildman–Crippen MR) is 126 cm³/mol. The van der Waals surface area contributed by atoms with Gasteiger partial charge in [0.1, 0.15) is 0 Å². The van der Waals surface area contributed by atoms with Crippen LogP contribution in [0.5, 0.6) is 0 Å². The zero-order valence-corrected chi connectivity index (χ0v) is 17.9. The fourth-order valence-electron chi connectivity index (χ4n) is 5.67. The topological polar surface area (TPSA) is 47.4 Å². The largest absolute Gasteiger partial charge is 0.380 e. The van der Waals surface area contributed by atoms with E-state index in [1.54, 1.807) is 0 Å². The van der Waals surface area contributed by atoms with E-state index in [1.807, 2.05) is 22.9 Å². The van der Waals surface area contributed by atoms with E-state index in [0.717, 1.165) is 72.2 Å². The Morgan fingerprint density at radius 2 is 1.84 bits per heavy atom. The van der Waals surface area contributed by atoms with Gasteiger partial charge in [0, 0.05) is 47.7 Å². The smallest absolute Gasteiger partial charge is 0.260 e. The van der Waals surface area contributed by atoms with Gasteiger partial charge >= 0.3 is 0 Å². The van der Waals surface area contributed by atoms with Crippen molar-refractivity contribution in [2.75, 3.05) is 31.2 Å². The fraction of sp³-hybridized carbons (Fsp3) is 0.333. The van der Waals surface area contributed by atoms with Gasteiger partial charge in [-0.05, 0) is 42.5 Å². The number of fused-ring (bicyclic) bond motifs is 2. The lowest BCUT2D eigenvalue weighted by Gasteiger charge is -2.38. The highest BCUT2D eigenvalue weighted by Gasteiger charge is 2.45. The molecule has 0 unspecified atom stereocenters. The Balaban J connectivity index is 1.25. The first-order valence-electron chi connectivity index (χ1n) is 11.5. The maximum absolute atomic E-state index is 13.7. The monoisotopic (exact) mass is 423 g/mol. The molecule has 2 aromatic carbocycles. The standard InChI is InChI=1S/C27H25N3O2/c31-26-25-19(5-3-7-23(25)29-13-11-27(15-29)16-32-17-27)10-12-30(26)24-14-20(24)22-9-8-18-4-1-2-6-21(18)28-22/h1-10,12,20,24H,11,13-17H2/t20-,24+/m0/s1. The second-order valence-electron chi connectivity index (χ2n) is 9.77. The van der Waals surface area contributed by atoms with E-state index in [0.29, 0.717) is 11.3 Å². The molecule has 0 radical (unpaired) electrons. The third-order valence-corrected chi connectivity index (χ3v) is 7.65. The summed E-state index contributed by atoms with van der Waals surface area (Å²) >= 11 is 0. The van der Waals surface area contributed by atoms with E-state index in [-0.39, 0.29) is 11.6 Å². The summed E-state index contributed by atoms with van der Waals surface area (Å²) in [6.07, 6.45) is 4.08. The molecule has 3 fully saturated rings. The Morgan fingerprint density at radius 1 is 0.969 bits per heavy atom. The van der Waals surface area contributed by atoms with E-state index in [1.165, 1.54) is 0 Å². The summed E-state index contributed by atoms with van der Waals surface area (Å²) in [6, 6.07) is 21.0. The highest BCUT2D eigenvalue weighted by atomic mass is 16.5. The minimum Gasteiger partial charge on any atom is -0.380 e. The van der Waals surface area contributed by atoms with Crippen LogP contribution in [-0.2, 0) is 4.74 Å². The van der Waals surface area contributed by atoms with Crippen LogP contribution in [0.1, 0.15) is 30.5 Å². The second kappa shape index (κ2) is 6.66. The molecule has 5 heteroatoms. The van der Waals surface area contributed by atoms with Gasteiger partial charge in [-0.25, -0.2) is 0 Å². The van der Waals surface area contributed by atoms with Crippen LogP contribution in [0.4, 0.5) is 5.69 Å². The lowest BCUT2D eigenvalue weighted by molar-refractivity contribution is -0.0985. The zero-order valence-electron chi connectivity index (χ0n) is 17.9. The van der Waals surface area contributed by atoms with Gasteiger partial charge in [-0.1, -0.05) is 36.4 Å². The number of aromatic nitrogens is 2. The summed E-state index contributed by atoms with van der Waals surface area (Å²) in [5, 5.41) is 3.03. The van der Waals surface area contributed by atoms with Crippen LogP contribution >= 0.6 is 0 Å². The first kappa shape index (κ1) is 18.4. The maximum atomic E-state index is 13.7. The first-order valence-corrected chi connectivity index (χ1v) is 11.5. The van der Waals surface area contributed by atoms with Gasteiger partial charge in [0.05, 0.1) is 29.8 Å². The van der Waals surface area contributed by atoms with Gasteiger partial charge in [0.2, 0.25) is 0 Å². The lowest BCUT2D eigenvalue weighted by atomic mass is 9.85. The van der Waals surface area contributed by atoms with Gasteiger partial charge < -0.3 is 14.2 Å². The molecule has 1 aliphatic carbocycles. The molecule has 0 amide bonds. The summed E-state index contributed by atoms with van der Waals surface area (Å²) in [4.78, 5) is 21.0. The highest BCUT2D eigenvalue weighted by Crippen LogP contribution is 2.50. The summed E-state index contributed by atoms with van der Waals surface area (Å²) in [7, 11) is 0. The van der Waals surface area contributed by atoms with Crippen molar-refractivity contribution in [1.29, 1.82) is 0 Å². The Morgan fingerprint density at radius 3 is 2.69 bits per heavy atom. The summed E-state index contributed by atoms with van der Waals surface area (Å²) < 4.78 is 7.45. The van der Waals surface area contributed by atoms with E-state index >= 15 is 0 Å². The molecule has 2 saturated heterocycles. The molecule has 1 saturated carbocycles. The molecule has 3 aliphatic rings. The molecule has 4 aromatic rings. The van der Waals surface area contributed by atoms with Crippen molar-refractivity contribution in [2.45, 2.75) is 24.8 Å². The van der Waals surface area contributed by atoms with E-state index in [9.17, 15) is 4.79 Å². The molecule has 5 nitrogen and oxygen atoms in total. The normalized spacial score (nSPS) is 23.7. The van der Waals surface area contributed by atoms with Crippen LogP contribution in [0.15, 0.2) is 71.7 Å². The van der Waals surface area contributed by atoms with Crippen molar-refractivity contribution < 1.29 is 4.74 Å². The third-order valence-electron chi connectivity index (χ3n) is 7.65. The molecule has 0 bridgehead atoms. The number of hydrogen-bond donors (Lipinski definition) is 0. The van der Waals surface area contributed by atoms with Crippen LogP contribution in [-0.4, -0.2) is 35.9 Å². The molecular formula is C27H25N3O2. The van der Waals surface area contributed by atoms with Crippen LogP contribution in [0.25, 0.3) is 21.7 Å². The Hall–Kier alpha value is -3.18. The summed E-state index contributed by atoms with van der Waals surface area (Å²) in [5.74, 6) is 0.295. The Bertz CT molecular complexity index is 1420. The van der Waals surface area contributed by atoms with E-state index in [4.69, 9.17) is 9.72 Å². The van der Waals surface area contributed by atoms with Crippen LogP contribution in [0.3, 0.4) is 0 Å². The van der Waals surface area contributed by atoms with Gasteiger partial charge in [0.15, 0.2) is 0 Å². The minimum absolute atomic E-state index is 0.122. The molecule has 7 rings (SSSR count). The molecule has 1 spiro atoms. The molecular weight excluding hydrogens is 398 g/mol. The van der Waals surface area contributed by atoms with Gasteiger partial charge in [0.25, 0.3) is 5.56 Å². The number of rotatable bonds is 3. The van der Waals surface area contributed by atoms with Crippen molar-refractivity contribution in [3.8, 4) is 0 Å². The molecule has 4 heterocycles. The highest BCUT2D eigenvalue weighted by molar-refractivity contribution is 5.93. The lowest BCUT2D eigenvalue weighted by Crippen LogP contribution is -2.44. The summed E-state index contributed by atoms with van der Waals surface area (Å²) in [6.45, 7) is 3.67. The van der Waals surface area contributed by atoms with Crippen LogP contribution in [0, 0.1) is 5.41 Å². The number of hydrogen-bond acceptors (Lipinski definition) is 4. The SMILES string of the molecule is O=c1c2c(N3CCC4(COC4)C3)cccc2ccn1[C@@H]1C[C@H]1c1ccc2ccccc2n1. The number of nitrogens with zero attached hydrogens (tertiary/aromatic N) is 3. The quantitative estimate of drug-likeness (QED) is 0.487. The number of benzene rings is 2. The Kier molecular flexibility index (Phi) is 3.83. The summed E-state index contributed by atoms with van der Waals surface area (Å²) in [5.41, 5.74) is 3.59. The van der Waals surface area contributed by atoms with Crippen LogP contribution < -0.4 is 10.5 Å². The molecule has 32 heavy (non-hydrogen) atoms. The van der Waals surface area contributed by atoms with Crippen molar-refractivity contribution in [3.05, 3.63) is 82.9 Å². The van der Waals surface area contributed by atoms with Gasteiger partial charge in [-0.2, -0.15) is 0 Å². The fourth-order valence-corrected chi connectivity index (χ4v) is 5.67. The van der Waals surface area contributed by atoms with Crippen LogP contribution in [0.2, 0.25) is 0 Å². The van der Waals surface area contributed by atoms with Gasteiger partial charge in [-0.3, -0.25) is 9.78 Å². The molecule has 160 valence electrons. The number of ether oxygens (including phenoxy) is 1. The average Bonchev–Trinajstić information content (AvgIpc) is 3.46. The van der Waals surface area contributed by atoms with Crippen molar-refractivity contribution in [2.24, 2.45) is 5.41 Å². The minimum atomic E-state index is 0.122. The van der Waals surface area contributed by atoms with Crippen molar-refractivity contribution >= 4 is 27.4 Å². The Labute approximate surface area is 186 Å². The van der Waals surface area contributed by atoms with E-state index < -0.39 is 0 Å². The molecule has 2 atom stereocenters. The number of anilines is 1. The zero-order chi connectivity index (χ0) is 21.3. The third kappa shape index (κ3) is 2.74. The second-order valence-corrected chi connectivity index (χ2v) is 9.77. The number of para-hydroxylation sites is 1. The predicted octanol–water partition coefficient (Wildman–Crippen LogP) is 4.51. The first-order chi connectivity index (χ1) is 15.7.